The molecule has 0 saturated carbocycles. The van der Waals surface area contributed by atoms with Gasteiger partial charge in [0.05, 0.1) is 4.90 Å². The third-order valence-electron chi connectivity index (χ3n) is 5.17. The van der Waals surface area contributed by atoms with Crippen molar-refractivity contribution in [3.05, 3.63) is 35.0 Å². The van der Waals surface area contributed by atoms with Gasteiger partial charge in [-0.2, -0.15) is 23.8 Å². The number of hydrogen-bond donors (Lipinski definition) is 4. The zero-order valence-electron chi connectivity index (χ0n) is 16.2. The number of pyridine rings is 1. The number of aromatic amines is 1. The summed E-state index contributed by atoms with van der Waals surface area (Å²) in [6, 6.07) is 3.57. The average Bonchev–Trinajstić information content (AvgIpc) is 3.27. The highest BCUT2D eigenvalue weighted by atomic mass is 32.3. The summed E-state index contributed by atoms with van der Waals surface area (Å²) in [5.41, 5.74) is -0.397. The summed E-state index contributed by atoms with van der Waals surface area (Å²) in [6.07, 6.45) is -2.53. The fourth-order valence-electron chi connectivity index (χ4n) is 3.57. The molecule has 1 fully saturated rings. The van der Waals surface area contributed by atoms with Gasteiger partial charge in [0, 0.05) is 44.4 Å². The molecule has 1 saturated heterocycles. The van der Waals surface area contributed by atoms with E-state index in [1.807, 2.05) is 0 Å². The highest BCUT2D eigenvalue weighted by molar-refractivity contribution is 8.24. The van der Waals surface area contributed by atoms with E-state index in [-0.39, 0.29) is 27.4 Å². The number of sulfonamides is 1. The summed E-state index contributed by atoms with van der Waals surface area (Å²) in [4.78, 5) is 7.27. The Balaban J connectivity index is 1.66. The molecule has 7 nitrogen and oxygen atoms in total. The molecule has 1 aliphatic heterocycles. The minimum atomic E-state index is -4.55. The van der Waals surface area contributed by atoms with Crippen LogP contribution in [0.5, 0.6) is 0 Å². The number of halogens is 3. The molecule has 0 bridgehead atoms. The van der Waals surface area contributed by atoms with Crippen molar-refractivity contribution in [2.75, 3.05) is 11.5 Å². The Bertz CT molecular complexity index is 1220. The highest BCUT2D eigenvalue weighted by Gasteiger charge is 2.33. The van der Waals surface area contributed by atoms with Crippen LogP contribution in [0.2, 0.25) is 0 Å². The van der Waals surface area contributed by atoms with E-state index < -0.39 is 38.5 Å². The molecule has 0 atom stereocenters. The smallest absolute Gasteiger partial charge is 0.336 e. The van der Waals surface area contributed by atoms with Crippen LogP contribution in [0.15, 0.2) is 29.3 Å². The topological polar surface area (TPSA) is 115 Å². The number of rotatable bonds is 4. The highest BCUT2D eigenvalue weighted by Crippen LogP contribution is 2.44. The first kappa shape index (κ1) is 22.6. The molecule has 31 heavy (non-hydrogen) atoms. The van der Waals surface area contributed by atoms with Crippen LogP contribution in [-0.2, 0) is 16.2 Å². The molecule has 4 heterocycles. The molecule has 0 spiro atoms. The number of H-pyrrole nitrogens is 1. The van der Waals surface area contributed by atoms with E-state index in [9.17, 15) is 30.7 Å². The Hall–Kier alpha value is -1.64. The second-order valence-electron chi connectivity index (χ2n) is 7.44. The Labute approximate surface area is 182 Å². The van der Waals surface area contributed by atoms with Crippen molar-refractivity contribution in [1.82, 2.24) is 14.7 Å². The number of aromatic nitrogens is 2. The molecule has 170 valence electrons. The molecule has 13 heteroatoms. The van der Waals surface area contributed by atoms with Crippen LogP contribution in [-0.4, -0.2) is 45.0 Å². The van der Waals surface area contributed by atoms with Crippen LogP contribution < -0.4 is 4.72 Å². The van der Waals surface area contributed by atoms with Gasteiger partial charge in [-0.05, 0) is 38.0 Å². The van der Waals surface area contributed by atoms with E-state index in [0.29, 0.717) is 28.2 Å². The zero-order chi connectivity index (χ0) is 22.6. The fraction of sp³-hybridized carbons (Fsp3) is 0.389. The molecule has 0 unspecified atom stereocenters. The molecular formula is C18H20F3N3O4S3. The predicted octanol–water partition coefficient (Wildman–Crippen LogP) is 4.81. The predicted molar refractivity (Wildman–Crippen MR) is 115 cm³/mol. The van der Waals surface area contributed by atoms with Crippen LogP contribution in [0.4, 0.5) is 13.2 Å². The monoisotopic (exact) mass is 495 g/mol. The van der Waals surface area contributed by atoms with Crippen LogP contribution in [0.3, 0.4) is 0 Å². The van der Waals surface area contributed by atoms with E-state index in [1.165, 1.54) is 23.6 Å². The number of aryl methyl sites for hydroxylation is 1. The lowest BCUT2D eigenvalue weighted by atomic mass is 10.1. The van der Waals surface area contributed by atoms with Gasteiger partial charge in [-0.1, -0.05) is 0 Å². The van der Waals surface area contributed by atoms with Crippen molar-refractivity contribution in [1.29, 1.82) is 0 Å². The Morgan fingerprint density at radius 3 is 2.58 bits per heavy atom. The maximum Gasteiger partial charge on any atom is 0.431 e. The normalized spacial score (nSPS) is 19.0. The molecule has 0 radical (unpaired) electrons. The first-order valence-corrected chi connectivity index (χ1v) is 13.5. The molecule has 4 N–H and O–H groups in total. The van der Waals surface area contributed by atoms with Crippen molar-refractivity contribution < 1.29 is 30.7 Å². The van der Waals surface area contributed by atoms with Gasteiger partial charge < -0.3 is 4.98 Å². The van der Waals surface area contributed by atoms with Crippen molar-refractivity contribution >= 4 is 43.0 Å². The third kappa shape index (κ3) is 4.61. The van der Waals surface area contributed by atoms with Gasteiger partial charge in [0.25, 0.3) is 0 Å². The molecule has 0 amide bonds. The van der Waals surface area contributed by atoms with Gasteiger partial charge in [-0.15, -0.1) is 11.3 Å². The van der Waals surface area contributed by atoms with Crippen LogP contribution >= 0.6 is 21.9 Å². The Morgan fingerprint density at radius 1 is 1.26 bits per heavy atom. The summed E-state index contributed by atoms with van der Waals surface area (Å²) in [5, 5.41) is 0.255. The second-order valence-corrected chi connectivity index (χ2v) is 12.8. The summed E-state index contributed by atoms with van der Waals surface area (Å²) in [6.45, 7) is 1.64. The number of nitrogens with one attached hydrogen (secondary N) is 2. The van der Waals surface area contributed by atoms with Crippen LogP contribution in [0.25, 0.3) is 21.5 Å². The number of nitrogens with zero attached hydrogens (tertiary/aromatic N) is 1. The van der Waals surface area contributed by atoms with Crippen molar-refractivity contribution in [3.8, 4) is 10.4 Å². The number of hydrogen-bond acceptors (Lipinski definition) is 6. The Morgan fingerprint density at radius 2 is 1.94 bits per heavy atom. The number of thiophene rings is 1. The molecule has 0 aromatic carbocycles. The summed E-state index contributed by atoms with van der Waals surface area (Å²) >= 11 is 1.17. The first-order valence-electron chi connectivity index (χ1n) is 9.27. The van der Waals surface area contributed by atoms with E-state index in [1.54, 1.807) is 13.0 Å². The second kappa shape index (κ2) is 7.74. The van der Waals surface area contributed by atoms with Crippen molar-refractivity contribution in [2.24, 2.45) is 0 Å². The van der Waals surface area contributed by atoms with Crippen LogP contribution in [0.1, 0.15) is 23.4 Å². The van der Waals surface area contributed by atoms with E-state index in [4.69, 9.17) is 0 Å². The van der Waals surface area contributed by atoms with Gasteiger partial charge >= 0.3 is 6.18 Å². The lowest BCUT2D eigenvalue weighted by molar-refractivity contribution is -0.140. The van der Waals surface area contributed by atoms with E-state index in [0.717, 1.165) is 6.07 Å². The minimum Gasteiger partial charge on any atom is -0.336 e. The molecular weight excluding hydrogens is 475 g/mol. The summed E-state index contributed by atoms with van der Waals surface area (Å²) < 4.78 is 87.1. The SMILES string of the molecule is Cc1sc(-c2ccnc3[nH]c(C(F)(F)F)cc23)cc1S(=O)(=O)NC1CCS(O)(O)CC1. The number of fused-ring (bicyclic) bond motifs is 1. The van der Waals surface area contributed by atoms with Crippen LogP contribution in [0, 0.1) is 6.92 Å². The third-order valence-corrected chi connectivity index (χ3v) is 9.81. The first-order chi connectivity index (χ1) is 14.4. The molecule has 3 aromatic rings. The van der Waals surface area contributed by atoms with Gasteiger partial charge in [-0.3, -0.25) is 9.11 Å². The lowest BCUT2D eigenvalue weighted by Crippen LogP contribution is -2.39. The largest absolute Gasteiger partial charge is 0.431 e. The molecule has 1 aliphatic rings. The summed E-state index contributed by atoms with van der Waals surface area (Å²) in [7, 11) is -6.51. The fourth-order valence-corrected chi connectivity index (χ4v) is 8.03. The molecule has 3 aromatic heterocycles. The van der Waals surface area contributed by atoms with Crippen molar-refractivity contribution in [2.45, 2.75) is 36.9 Å². The summed E-state index contributed by atoms with van der Waals surface area (Å²) in [5.74, 6) is 0.302. The quantitative estimate of drug-likeness (QED) is 0.415. The van der Waals surface area contributed by atoms with Gasteiger partial charge in [0.1, 0.15) is 11.3 Å². The van der Waals surface area contributed by atoms with E-state index >= 15 is 0 Å². The van der Waals surface area contributed by atoms with Gasteiger partial charge in [-0.25, -0.2) is 18.1 Å². The minimum absolute atomic E-state index is 0.0567. The lowest BCUT2D eigenvalue weighted by Gasteiger charge is -2.39. The molecule has 4 rings (SSSR count). The standard InChI is InChI=1S/C18H20F3N3O4S3/c1-10-15(31(27,28)24-11-3-6-30(25,26)7-4-11)9-14(29-10)12-2-5-22-17-13(12)8-16(23-17)18(19,20)21/h2,5,8-9,11,24-26H,3-4,6-7H2,1H3,(H,22,23). The molecule has 0 aliphatic carbocycles. The van der Waals surface area contributed by atoms with Gasteiger partial charge in [0.2, 0.25) is 10.0 Å². The van der Waals surface area contributed by atoms with Crippen molar-refractivity contribution in [3.63, 3.8) is 0 Å². The maximum absolute atomic E-state index is 13.1. The van der Waals surface area contributed by atoms with E-state index in [2.05, 4.69) is 14.7 Å². The zero-order valence-corrected chi connectivity index (χ0v) is 18.7. The maximum atomic E-state index is 13.1. The van der Waals surface area contributed by atoms with Gasteiger partial charge in [0.15, 0.2) is 0 Å². The number of alkyl halides is 3. The Kier molecular flexibility index (Phi) is 5.63. The average molecular weight is 496 g/mol.